The van der Waals surface area contributed by atoms with Gasteiger partial charge in [0.25, 0.3) is 0 Å². The molecular weight excluding hydrogens is 378 g/mol. The van der Waals surface area contributed by atoms with Gasteiger partial charge in [-0.05, 0) is 44.0 Å². The Balaban J connectivity index is 1.36. The smallest absolute Gasteiger partial charge is 0.227 e. The van der Waals surface area contributed by atoms with Crippen LogP contribution in [0.4, 0.5) is 5.69 Å². The van der Waals surface area contributed by atoms with Crippen LogP contribution in [0.3, 0.4) is 0 Å². The Morgan fingerprint density at radius 1 is 1.10 bits per heavy atom. The quantitative estimate of drug-likeness (QED) is 0.700. The Bertz CT molecular complexity index is 1090. The van der Waals surface area contributed by atoms with Crippen LogP contribution in [0.15, 0.2) is 53.1 Å². The van der Waals surface area contributed by atoms with E-state index in [0.717, 1.165) is 16.8 Å². The second-order valence-corrected chi connectivity index (χ2v) is 7.94. The Hall–Kier alpha value is -3.41. The van der Waals surface area contributed by atoms with E-state index in [4.69, 9.17) is 4.52 Å². The summed E-state index contributed by atoms with van der Waals surface area (Å²) in [6.07, 6.45) is 0.214. The molecule has 0 bridgehead atoms. The van der Waals surface area contributed by atoms with Crippen molar-refractivity contribution in [2.75, 3.05) is 11.4 Å². The summed E-state index contributed by atoms with van der Waals surface area (Å²) in [5.74, 6) is 0.120. The zero-order chi connectivity index (χ0) is 21.3. The van der Waals surface area contributed by atoms with Gasteiger partial charge in [0.2, 0.25) is 11.8 Å². The van der Waals surface area contributed by atoms with Gasteiger partial charge in [0, 0.05) is 30.3 Å². The third-order valence-electron chi connectivity index (χ3n) is 5.64. The highest BCUT2D eigenvalue weighted by Crippen LogP contribution is 2.27. The third-order valence-corrected chi connectivity index (χ3v) is 5.64. The van der Waals surface area contributed by atoms with Crippen LogP contribution in [0.2, 0.25) is 0 Å². The first kappa shape index (κ1) is 19.9. The minimum atomic E-state index is -0.373. The number of aryl methyl sites for hydroxylation is 3. The van der Waals surface area contributed by atoms with E-state index in [1.165, 1.54) is 11.1 Å². The van der Waals surface area contributed by atoms with Crippen LogP contribution < -0.4 is 10.2 Å². The maximum atomic E-state index is 12.6. The molecule has 1 atom stereocenters. The topological polar surface area (TPSA) is 75.4 Å². The molecule has 30 heavy (non-hydrogen) atoms. The van der Waals surface area contributed by atoms with Crippen LogP contribution in [-0.2, 0) is 16.1 Å². The van der Waals surface area contributed by atoms with Crippen molar-refractivity contribution in [3.63, 3.8) is 0 Å². The number of hydrogen-bond donors (Lipinski definition) is 1. The summed E-state index contributed by atoms with van der Waals surface area (Å²) in [6, 6.07) is 15.7. The molecule has 4 rings (SSSR count). The number of carbonyl (C=O) groups is 2. The highest BCUT2D eigenvalue weighted by atomic mass is 16.5. The summed E-state index contributed by atoms with van der Waals surface area (Å²) in [5, 5.41) is 6.93. The van der Waals surface area contributed by atoms with Gasteiger partial charge in [0.1, 0.15) is 5.69 Å². The molecule has 0 radical (unpaired) electrons. The van der Waals surface area contributed by atoms with Crippen molar-refractivity contribution in [3.8, 4) is 11.3 Å². The van der Waals surface area contributed by atoms with Crippen molar-refractivity contribution in [2.45, 2.75) is 33.7 Å². The van der Waals surface area contributed by atoms with Crippen LogP contribution in [0.5, 0.6) is 0 Å². The van der Waals surface area contributed by atoms with Gasteiger partial charge in [-0.3, -0.25) is 9.59 Å². The van der Waals surface area contributed by atoms with Gasteiger partial charge < -0.3 is 14.7 Å². The number of aromatic nitrogens is 1. The molecule has 1 aromatic heterocycles. The predicted octanol–water partition coefficient (Wildman–Crippen LogP) is 3.94. The standard InChI is InChI=1S/C24H25N3O3/c1-15-4-7-18(8-5-15)22-12-20(26-30-22)13-25-24(29)19-11-23(28)27(14-19)21-9-6-16(2)17(3)10-21/h4-10,12,19H,11,13-14H2,1-3H3,(H,25,29). The SMILES string of the molecule is Cc1ccc(-c2cc(CNC(=O)C3CC(=O)N(c4ccc(C)c(C)c4)C3)no2)cc1. The Morgan fingerprint density at radius 3 is 2.60 bits per heavy atom. The van der Waals surface area contributed by atoms with Crippen molar-refractivity contribution < 1.29 is 14.1 Å². The largest absolute Gasteiger partial charge is 0.356 e. The Labute approximate surface area is 175 Å². The highest BCUT2D eigenvalue weighted by Gasteiger charge is 2.35. The first-order valence-corrected chi connectivity index (χ1v) is 10.1. The lowest BCUT2D eigenvalue weighted by molar-refractivity contribution is -0.126. The lowest BCUT2D eigenvalue weighted by Crippen LogP contribution is -2.32. The number of anilines is 1. The van der Waals surface area contributed by atoms with E-state index in [1.807, 2.05) is 69.3 Å². The van der Waals surface area contributed by atoms with Crippen molar-refractivity contribution in [1.82, 2.24) is 10.5 Å². The van der Waals surface area contributed by atoms with Crippen LogP contribution in [0.25, 0.3) is 11.3 Å². The second kappa shape index (κ2) is 8.14. The number of amides is 2. The molecule has 0 spiro atoms. The van der Waals surface area contributed by atoms with E-state index in [1.54, 1.807) is 4.90 Å². The number of carbonyl (C=O) groups excluding carboxylic acids is 2. The van der Waals surface area contributed by atoms with E-state index in [9.17, 15) is 9.59 Å². The van der Waals surface area contributed by atoms with Crippen molar-refractivity contribution in [3.05, 3.63) is 70.9 Å². The molecule has 0 aliphatic carbocycles. The van der Waals surface area contributed by atoms with Gasteiger partial charge in [-0.2, -0.15) is 0 Å². The predicted molar refractivity (Wildman–Crippen MR) is 115 cm³/mol. The summed E-state index contributed by atoms with van der Waals surface area (Å²) in [5.41, 5.74) is 5.91. The molecule has 1 N–H and O–H groups in total. The van der Waals surface area contributed by atoms with Gasteiger partial charge in [-0.25, -0.2) is 0 Å². The molecule has 1 saturated heterocycles. The summed E-state index contributed by atoms with van der Waals surface area (Å²) in [4.78, 5) is 26.8. The summed E-state index contributed by atoms with van der Waals surface area (Å²) in [7, 11) is 0. The molecule has 1 aliphatic rings. The zero-order valence-electron chi connectivity index (χ0n) is 17.4. The first-order chi connectivity index (χ1) is 14.4. The minimum Gasteiger partial charge on any atom is -0.356 e. The maximum Gasteiger partial charge on any atom is 0.227 e. The molecular formula is C24H25N3O3. The Kier molecular flexibility index (Phi) is 5.40. The summed E-state index contributed by atoms with van der Waals surface area (Å²) in [6.45, 7) is 6.74. The molecule has 2 amide bonds. The van der Waals surface area contributed by atoms with Gasteiger partial charge in [0.05, 0.1) is 12.5 Å². The first-order valence-electron chi connectivity index (χ1n) is 10.1. The second-order valence-electron chi connectivity index (χ2n) is 7.94. The monoisotopic (exact) mass is 403 g/mol. The van der Waals surface area contributed by atoms with Gasteiger partial charge in [0.15, 0.2) is 5.76 Å². The van der Waals surface area contributed by atoms with E-state index >= 15 is 0 Å². The highest BCUT2D eigenvalue weighted by molar-refractivity contribution is 6.00. The zero-order valence-corrected chi connectivity index (χ0v) is 17.4. The molecule has 2 heterocycles. The minimum absolute atomic E-state index is 0.0264. The van der Waals surface area contributed by atoms with Crippen molar-refractivity contribution in [2.24, 2.45) is 5.92 Å². The molecule has 0 saturated carbocycles. The fourth-order valence-electron chi connectivity index (χ4n) is 3.60. The van der Waals surface area contributed by atoms with Crippen LogP contribution in [0.1, 0.15) is 28.8 Å². The fraction of sp³-hybridized carbons (Fsp3) is 0.292. The van der Waals surface area contributed by atoms with Crippen molar-refractivity contribution in [1.29, 1.82) is 0 Å². The number of rotatable bonds is 5. The fourth-order valence-corrected chi connectivity index (χ4v) is 3.60. The van der Waals surface area contributed by atoms with Gasteiger partial charge in [-0.15, -0.1) is 0 Å². The number of nitrogens with one attached hydrogen (secondary N) is 1. The molecule has 1 aliphatic heterocycles. The summed E-state index contributed by atoms with van der Waals surface area (Å²) < 4.78 is 5.40. The molecule has 2 aromatic carbocycles. The van der Waals surface area contributed by atoms with Crippen LogP contribution in [-0.4, -0.2) is 23.5 Å². The lowest BCUT2D eigenvalue weighted by Gasteiger charge is -2.18. The molecule has 154 valence electrons. The van der Waals surface area contributed by atoms with Crippen LogP contribution in [0, 0.1) is 26.7 Å². The average molecular weight is 403 g/mol. The molecule has 1 fully saturated rings. The Morgan fingerprint density at radius 2 is 1.87 bits per heavy atom. The van der Waals surface area contributed by atoms with E-state index in [-0.39, 0.29) is 30.7 Å². The van der Waals surface area contributed by atoms with Crippen molar-refractivity contribution >= 4 is 17.5 Å². The van der Waals surface area contributed by atoms with Gasteiger partial charge >= 0.3 is 0 Å². The molecule has 6 heteroatoms. The molecule has 3 aromatic rings. The molecule has 6 nitrogen and oxygen atoms in total. The number of benzene rings is 2. The number of hydrogen-bond acceptors (Lipinski definition) is 4. The summed E-state index contributed by atoms with van der Waals surface area (Å²) >= 11 is 0. The van der Waals surface area contributed by atoms with E-state index in [2.05, 4.69) is 10.5 Å². The van der Waals surface area contributed by atoms with Crippen LogP contribution >= 0.6 is 0 Å². The maximum absolute atomic E-state index is 12.6. The number of nitrogens with zero attached hydrogens (tertiary/aromatic N) is 2. The molecule has 1 unspecified atom stereocenters. The van der Waals surface area contributed by atoms with E-state index in [0.29, 0.717) is 18.0 Å². The lowest BCUT2D eigenvalue weighted by atomic mass is 10.1. The van der Waals surface area contributed by atoms with Gasteiger partial charge in [-0.1, -0.05) is 41.1 Å². The third kappa shape index (κ3) is 4.13. The normalized spacial score (nSPS) is 16.2. The average Bonchev–Trinajstić information content (AvgIpc) is 3.36. The van der Waals surface area contributed by atoms with E-state index < -0.39 is 0 Å².